The molecule has 0 aliphatic carbocycles. The summed E-state index contributed by atoms with van der Waals surface area (Å²) in [6.45, 7) is 4.33. The zero-order valence-electron chi connectivity index (χ0n) is 10.3. The number of hydrogen-bond acceptors (Lipinski definition) is 5. The van der Waals surface area contributed by atoms with Gasteiger partial charge in [0.15, 0.2) is 5.69 Å². The van der Waals surface area contributed by atoms with Crippen LogP contribution in [-0.2, 0) is 16.1 Å². The van der Waals surface area contributed by atoms with Crippen molar-refractivity contribution in [3.8, 4) is 0 Å². The second kappa shape index (κ2) is 6.70. The molecule has 0 aliphatic rings. The fourth-order valence-electron chi connectivity index (χ4n) is 1.25. The number of aliphatic carboxylic acids is 1. The summed E-state index contributed by atoms with van der Waals surface area (Å²) in [5.74, 6) is -1.45. The van der Waals surface area contributed by atoms with E-state index >= 15 is 0 Å². The number of aromatic nitrogens is 3. The number of rotatable bonds is 7. The molecule has 0 aliphatic heterocycles. The number of nitrogens with one attached hydrogen (secondary N) is 1. The maximum atomic E-state index is 11.7. The van der Waals surface area contributed by atoms with Crippen molar-refractivity contribution in [2.45, 2.75) is 26.4 Å². The van der Waals surface area contributed by atoms with E-state index in [1.807, 2.05) is 6.92 Å². The van der Waals surface area contributed by atoms with Crippen LogP contribution >= 0.6 is 0 Å². The Morgan fingerprint density at radius 1 is 1.61 bits per heavy atom. The van der Waals surface area contributed by atoms with Crippen LogP contribution in [-0.4, -0.2) is 51.2 Å². The molecule has 1 heterocycles. The molecule has 1 amide bonds. The molecule has 0 aromatic carbocycles. The standard InChI is InChI=1S/C10H16N4O4/c1-3-18-6-7(2)11-10(17)8-4-14(13-12-8)5-9(15)16/h4,7H,3,5-6H2,1-2H3,(H,11,17)(H,15,16). The highest BCUT2D eigenvalue weighted by Crippen LogP contribution is 1.95. The first-order valence-corrected chi connectivity index (χ1v) is 5.53. The van der Waals surface area contributed by atoms with Crippen LogP contribution in [0.15, 0.2) is 6.20 Å². The minimum atomic E-state index is -1.04. The molecule has 18 heavy (non-hydrogen) atoms. The van der Waals surface area contributed by atoms with Gasteiger partial charge in [-0.05, 0) is 13.8 Å². The lowest BCUT2D eigenvalue weighted by Gasteiger charge is -2.11. The Hall–Kier alpha value is -1.96. The number of amides is 1. The summed E-state index contributed by atoms with van der Waals surface area (Å²) in [6, 6.07) is -0.151. The van der Waals surface area contributed by atoms with Gasteiger partial charge in [0.1, 0.15) is 6.54 Å². The third-order valence-electron chi connectivity index (χ3n) is 2.02. The Bertz CT molecular complexity index is 418. The Morgan fingerprint density at radius 3 is 2.94 bits per heavy atom. The normalized spacial score (nSPS) is 12.1. The third kappa shape index (κ3) is 4.50. The van der Waals surface area contributed by atoms with Crippen LogP contribution in [0.1, 0.15) is 24.3 Å². The highest BCUT2D eigenvalue weighted by atomic mass is 16.5. The van der Waals surface area contributed by atoms with E-state index in [4.69, 9.17) is 9.84 Å². The summed E-state index contributed by atoms with van der Waals surface area (Å²) in [7, 11) is 0. The molecule has 1 aromatic rings. The van der Waals surface area contributed by atoms with Gasteiger partial charge in [-0.3, -0.25) is 9.59 Å². The van der Waals surface area contributed by atoms with Gasteiger partial charge < -0.3 is 15.2 Å². The van der Waals surface area contributed by atoms with Crippen molar-refractivity contribution in [2.75, 3.05) is 13.2 Å². The maximum Gasteiger partial charge on any atom is 0.325 e. The lowest BCUT2D eigenvalue weighted by atomic mass is 10.3. The van der Waals surface area contributed by atoms with Gasteiger partial charge in [0.25, 0.3) is 5.91 Å². The quantitative estimate of drug-likeness (QED) is 0.682. The van der Waals surface area contributed by atoms with Gasteiger partial charge in [-0.25, -0.2) is 4.68 Å². The molecule has 0 spiro atoms. The van der Waals surface area contributed by atoms with Gasteiger partial charge in [-0.2, -0.15) is 0 Å². The predicted molar refractivity (Wildman–Crippen MR) is 61.1 cm³/mol. The Kier molecular flexibility index (Phi) is 5.25. The number of carboxylic acids is 1. The molecular formula is C10H16N4O4. The zero-order valence-corrected chi connectivity index (χ0v) is 10.3. The van der Waals surface area contributed by atoms with Crippen molar-refractivity contribution < 1.29 is 19.4 Å². The molecule has 1 unspecified atom stereocenters. The van der Waals surface area contributed by atoms with Crippen LogP contribution in [0.5, 0.6) is 0 Å². The fraction of sp³-hybridized carbons (Fsp3) is 0.600. The number of carbonyl (C=O) groups excluding carboxylic acids is 1. The second-order valence-corrected chi connectivity index (χ2v) is 3.73. The lowest BCUT2D eigenvalue weighted by molar-refractivity contribution is -0.137. The highest BCUT2D eigenvalue weighted by Gasteiger charge is 2.14. The van der Waals surface area contributed by atoms with Crippen molar-refractivity contribution in [1.29, 1.82) is 0 Å². The largest absolute Gasteiger partial charge is 0.480 e. The number of hydrogen-bond donors (Lipinski definition) is 2. The molecular weight excluding hydrogens is 240 g/mol. The van der Waals surface area contributed by atoms with Crippen molar-refractivity contribution in [3.63, 3.8) is 0 Å². The van der Waals surface area contributed by atoms with E-state index in [1.165, 1.54) is 6.20 Å². The minimum Gasteiger partial charge on any atom is -0.480 e. The first-order chi connectivity index (χ1) is 8.52. The van der Waals surface area contributed by atoms with Crippen LogP contribution in [0.2, 0.25) is 0 Å². The second-order valence-electron chi connectivity index (χ2n) is 3.73. The van der Waals surface area contributed by atoms with Gasteiger partial charge in [0.2, 0.25) is 0 Å². The molecule has 1 atom stereocenters. The van der Waals surface area contributed by atoms with Crippen molar-refractivity contribution in [1.82, 2.24) is 20.3 Å². The fourth-order valence-corrected chi connectivity index (χ4v) is 1.25. The number of ether oxygens (including phenoxy) is 1. The van der Waals surface area contributed by atoms with Crippen LogP contribution in [0.4, 0.5) is 0 Å². The highest BCUT2D eigenvalue weighted by molar-refractivity contribution is 5.92. The minimum absolute atomic E-state index is 0.0830. The third-order valence-corrected chi connectivity index (χ3v) is 2.02. The van der Waals surface area contributed by atoms with Gasteiger partial charge in [0.05, 0.1) is 12.8 Å². The summed E-state index contributed by atoms with van der Waals surface area (Å²) in [4.78, 5) is 22.1. The van der Waals surface area contributed by atoms with Crippen molar-refractivity contribution in [3.05, 3.63) is 11.9 Å². The van der Waals surface area contributed by atoms with E-state index < -0.39 is 11.9 Å². The van der Waals surface area contributed by atoms with Gasteiger partial charge in [-0.15, -0.1) is 5.10 Å². The summed E-state index contributed by atoms with van der Waals surface area (Å²) < 4.78 is 6.24. The molecule has 2 N–H and O–H groups in total. The van der Waals surface area contributed by atoms with Crippen LogP contribution < -0.4 is 5.32 Å². The monoisotopic (exact) mass is 256 g/mol. The van der Waals surface area contributed by atoms with E-state index in [9.17, 15) is 9.59 Å². The molecule has 0 bridgehead atoms. The Balaban J connectivity index is 2.51. The summed E-state index contributed by atoms with van der Waals surface area (Å²) in [5, 5.41) is 18.4. The molecule has 0 radical (unpaired) electrons. The smallest absolute Gasteiger partial charge is 0.325 e. The molecule has 8 heteroatoms. The van der Waals surface area contributed by atoms with E-state index in [0.717, 1.165) is 4.68 Å². The Labute approximate surface area is 104 Å². The summed E-state index contributed by atoms with van der Waals surface area (Å²) in [6.07, 6.45) is 1.29. The van der Waals surface area contributed by atoms with E-state index in [2.05, 4.69) is 15.6 Å². The number of nitrogens with zero attached hydrogens (tertiary/aromatic N) is 3. The average Bonchev–Trinajstić information content (AvgIpc) is 2.73. The van der Waals surface area contributed by atoms with Crippen LogP contribution in [0, 0.1) is 0 Å². The lowest BCUT2D eigenvalue weighted by Crippen LogP contribution is -2.36. The number of carboxylic acid groups (broad SMARTS) is 1. The number of carbonyl (C=O) groups is 2. The molecule has 1 rings (SSSR count). The average molecular weight is 256 g/mol. The van der Waals surface area contributed by atoms with Crippen molar-refractivity contribution in [2.24, 2.45) is 0 Å². The maximum absolute atomic E-state index is 11.7. The van der Waals surface area contributed by atoms with Gasteiger partial charge in [0, 0.05) is 12.6 Å². The first-order valence-electron chi connectivity index (χ1n) is 5.53. The van der Waals surface area contributed by atoms with E-state index in [-0.39, 0.29) is 18.3 Å². The van der Waals surface area contributed by atoms with Crippen LogP contribution in [0.3, 0.4) is 0 Å². The molecule has 100 valence electrons. The van der Waals surface area contributed by atoms with Crippen LogP contribution in [0.25, 0.3) is 0 Å². The van der Waals surface area contributed by atoms with Crippen molar-refractivity contribution >= 4 is 11.9 Å². The van der Waals surface area contributed by atoms with E-state index in [1.54, 1.807) is 6.92 Å². The van der Waals surface area contributed by atoms with Gasteiger partial charge >= 0.3 is 5.97 Å². The summed E-state index contributed by atoms with van der Waals surface area (Å²) in [5.41, 5.74) is 0.0830. The van der Waals surface area contributed by atoms with E-state index in [0.29, 0.717) is 13.2 Å². The topological polar surface area (TPSA) is 106 Å². The predicted octanol–water partition coefficient (Wildman–Crippen LogP) is -0.482. The molecule has 0 saturated heterocycles. The molecule has 1 aromatic heterocycles. The Morgan fingerprint density at radius 2 is 2.33 bits per heavy atom. The molecule has 0 fully saturated rings. The molecule has 8 nitrogen and oxygen atoms in total. The molecule has 0 saturated carbocycles. The van der Waals surface area contributed by atoms with Gasteiger partial charge in [-0.1, -0.05) is 5.21 Å². The SMILES string of the molecule is CCOCC(C)NC(=O)c1cn(CC(=O)O)nn1. The zero-order chi connectivity index (χ0) is 13.5. The summed E-state index contributed by atoms with van der Waals surface area (Å²) >= 11 is 0. The first kappa shape index (κ1) is 14.1.